The number of nitrogens with one attached hydrogen (secondary N) is 1. The zero-order valence-electron chi connectivity index (χ0n) is 17.0. The maximum Gasteiger partial charge on any atom is 0.255 e. The van der Waals surface area contributed by atoms with Crippen LogP contribution in [0.2, 0.25) is 0 Å². The number of hydrogen-bond donors (Lipinski definition) is 2. The van der Waals surface area contributed by atoms with E-state index in [2.05, 4.69) is 22.5 Å². The van der Waals surface area contributed by atoms with Crippen LogP contribution in [0.5, 0.6) is 0 Å². The summed E-state index contributed by atoms with van der Waals surface area (Å²) in [7, 11) is 0. The molecular formula is C23H17FN4O2S3. The second kappa shape index (κ2) is 10.1. The van der Waals surface area contributed by atoms with Gasteiger partial charge in [-0.2, -0.15) is 0 Å². The fourth-order valence-electron chi connectivity index (χ4n) is 2.95. The summed E-state index contributed by atoms with van der Waals surface area (Å²) >= 11 is 8.50. The summed E-state index contributed by atoms with van der Waals surface area (Å²) in [6.45, 7) is 0. The van der Waals surface area contributed by atoms with Crippen LogP contribution < -0.4 is 11.1 Å². The quantitative estimate of drug-likeness (QED) is 0.262. The summed E-state index contributed by atoms with van der Waals surface area (Å²) < 4.78 is 16.7. The summed E-state index contributed by atoms with van der Waals surface area (Å²) in [6, 6.07) is 20.5. The lowest BCUT2D eigenvalue weighted by Crippen LogP contribution is -2.16. The number of anilines is 1. The molecule has 33 heavy (non-hydrogen) atoms. The Balaban J connectivity index is 1.45. The summed E-state index contributed by atoms with van der Waals surface area (Å²) in [5.41, 5.74) is 7.44. The Labute approximate surface area is 202 Å². The zero-order chi connectivity index (χ0) is 23.4. The van der Waals surface area contributed by atoms with E-state index in [0.717, 1.165) is 21.8 Å². The largest absolute Gasteiger partial charge is 0.366 e. The number of aromatic nitrogens is 2. The SMILES string of the molecule is NC(=O)c1cc(NC(=O)c2ccc(-n3nc(SCc4ccccc4)sc3=S)cc2)ccc1F. The summed E-state index contributed by atoms with van der Waals surface area (Å²) in [5.74, 6) is -1.27. The van der Waals surface area contributed by atoms with Crippen LogP contribution in [0.1, 0.15) is 26.3 Å². The lowest BCUT2D eigenvalue weighted by Gasteiger charge is -2.08. The number of hydrogen-bond acceptors (Lipinski definition) is 6. The Morgan fingerprint density at radius 1 is 1.09 bits per heavy atom. The topological polar surface area (TPSA) is 90.0 Å². The first kappa shape index (κ1) is 22.8. The minimum Gasteiger partial charge on any atom is -0.366 e. The number of halogens is 1. The number of nitrogens with two attached hydrogens (primary N) is 1. The van der Waals surface area contributed by atoms with E-state index in [-0.39, 0.29) is 11.3 Å². The standard InChI is InChI=1S/C23H17FN4O2S3/c24-19-11-8-16(12-18(19)20(25)29)26-21(30)15-6-9-17(10-7-15)28-23(31)33-22(27-28)32-13-14-4-2-1-3-5-14/h1-12H,13H2,(H2,25,29)(H,26,30). The normalized spacial score (nSPS) is 10.7. The molecule has 6 nitrogen and oxygen atoms in total. The van der Waals surface area contributed by atoms with Crippen LogP contribution in [0.25, 0.3) is 5.69 Å². The van der Waals surface area contributed by atoms with Crippen molar-refractivity contribution in [1.82, 2.24) is 9.78 Å². The predicted molar refractivity (Wildman–Crippen MR) is 131 cm³/mol. The molecule has 0 radical (unpaired) electrons. The molecule has 1 heterocycles. The summed E-state index contributed by atoms with van der Waals surface area (Å²) in [4.78, 5) is 23.9. The van der Waals surface area contributed by atoms with Crippen molar-refractivity contribution in [2.75, 3.05) is 5.32 Å². The lowest BCUT2D eigenvalue weighted by molar-refractivity contribution is 0.0992. The third-order valence-electron chi connectivity index (χ3n) is 4.60. The van der Waals surface area contributed by atoms with E-state index in [1.165, 1.54) is 29.0 Å². The van der Waals surface area contributed by atoms with E-state index in [4.69, 9.17) is 18.0 Å². The van der Waals surface area contributed by atoms with Gasteiger partial charge in [0.1, 0.15) is 5.82 Å². The van der Waals surface area contributed by atoms with Gasteiger partial charge in [0, 0.05) is 17.0 Å². The van der Waals surface area contributed by atoms with Crippen LogP contribution in [0, 0.1) is 9.77 Å². The van der Waals surface area contributed by atoms with E-state index < -0.39 is 17.6 Å². The van der Waals surface area contributed by atoms with Crippen molar-refractivity contribution in [3.8, 4) is 5.69 Å². The predicted octanol–water partition coefficient (Wildman–Crippen LogP) is 5.45. The molecule has 0 aliphatic carbocycles. The Morgan fingerprint density at radius 2 is 1.82 bits per heavy atom. The Hall–Kier alpha value is -3.34. The van der Waals surface area contributed by atoms with Crippen molar-refractivity contribution < 1.29 is 14.0 Å². The average Bonchev–Trinajstić information content (AvgIpc) is 3.20. The highest BCUT2D eigenvalue weighted by molar-refractivity contribution is 8.00. The Morgan fingerprint density at radius 3 is 2.52 bits per heavy atom. The molecule has 0 spiro atoms. The van der Waals surface area contributed by atoms with Crippen LogP contribution in [-0.2, 0) is 5.75 Å². The molecule has 0 atom stereocenters. The molecule has 2 amide bonds. The van der Waals surface area contributed by atoms with Crippen molar-refractivity contribution in [3.63, 3.8) is 0 Å². The van der Waals surface area contributed by atoms with Gasteiger partial charge in [0.15, 0.2) is 8.29 Å². The van der Waals surface area contributed by atoms with E-state index in [9.17, 15) is 14.0 Å². The van der Waals surface area contributed by atoms with Crippen LogP contribution in [0.3, 0.4) is 0 Å². The van der Waals surface area contributed by atoms with Gasteiger partial charge < -0.3 is 11.1 Å². The van der Waals surface area contributed by atoms with Gasteiger partial charge in [-0.25, -0.2) is 9.07 Å². The van der Waals surface area contributed by atoms with Crippen LogP contribution in [0.4, 0.5) is 10.1 Å². The first-order chi connectivity index (χ1) is 15.9. The molecule has 1 aromatic heterocycles. The highest BCUT2D eigenvalue weighted by Crippen LogP contribution is 2.27. The monoisotopic (exact) mass is 496 g/mol. The van der Waals surface area contributed by atoms with Crippen LogP contribution >= 0.6 is 35.3 Å². The number of primary amides is 1. The van der Waals surface area contributed by atoms with E-state index in [0.29, 0.717) is 9.52 Å². The number of carbonyl (C=O) groups excluding carboxylic acids is 2. The van der Waals surface area contributed by atoms with Crippen LogP contribution in [0.15, 0.2) is 77.1 Å². The van der Waals surface area contributed by atoms with Crippen molar-refractivity contribution in [2.24, 2.45) is 5.73 Å². The molecule has 0 saturated carbocycles. The van der Waals surface area contributed by atoms with Gasteiger partial charge in [0.25, 0.3) is 11.8 Å². The molecule has 10 heteroatoms. The minimum absolute atomic E-state index is 0.265. The molecule has 3 N–H and O–H groups in total. The number of thioether (sulfide) groups is 1. The number of rotatable bonds is 7. The molecule has 0 aliphatic rings. The van der Waals surface area contributed by atoms with Gasteiger partial charge in [-0.1, -0.05) is 53.4 Å². The van der Waals surface area contributed by atoms with Crippen molar-refractivity contribution in [1.29, 1.82) is 0 Å². The fourth-order valence-corrected chi connectivity index (χ4v) is 5.27. The van der Waals surface area contributed by atoms with Gasteiger partial charge >= 0.3 is 0 Å². The summed E-state index contributed by atoms with van der Waals surface area (Å²) in [5, 5.41) is 7.22. The molecule has 0 bridgehead atoms. The van der Waals surface area contributed by atoms with Crippen molar-refractivity contribution in [3.05, 3.63) is 99.3 Å². The molecule has 0 saturated heterocycles. The molecule has 4 rings (SSSR count). The smallest absolute Gasteiger partial charge is 0.255 e. The maximum absolute atomic E-state index is 13.6. The minimum atomic E-state index is -0.908. The fraction of sp³-hybridized carbons (Fsp3) is 0.0435. The number of amides is 2. The Bertz CT molecular complexity index is 1370. The number of benzene rings is 3. The summed E-state index contributed by atoms with van der Waals surface area (Å²) in [6.07, 6.45) is 0. The zero-order valence-corrected chi connectivity index (χ0v) is 19.5. The molecule has 0 aliphatic heterocycles. The van der Waals surface area contributed by atoms with Crippen molar-refractivity contribution in [2.45, 2.75) is 10.1 Å². The van der Waals surface area contributed by atoms with Gasteiger partial charge in [-0.15, -0.1) is 5.10 Å². The first-order valence-corrected chi connectivity index (χ1v) is 11.9. The molecule has 0 unspecified atom stereocenters. The average molecular weight is 497 g/mol. The second-order valence-electron chi connectivity index (χ2n) is 6.88. The molecule has 166 valence electrons. The maximum atomic E-state index is 13.6. The second-order valence-corrected chi connectivity index (χ2v) is 9.72. The molecule has 0 fully saturated rings. The highest BCUT2D eigenvalue weighted by atomic mass is 32.2. The molecule has 4 aromatic rings. The molecule has 3 aromatic carbocycles. The number of nitrogens with zero attached hydrogens (tertiary/aromatic N) is 2. The third-order valence-corrected chi connectivity index (χ3v) is 7.03. The van der Waals surface area contributed by atoms with Gasteiger partial charge in [-0.05, 0) is 60.2 Å². The van der Waals surface area contributed by atoms with Crippen molar-refractivity contribution >= 4 is 52.8 Å². The van der Waals surface area contributed by atoms with Gasteiger partial charge in [0.05, 0.1) is 11.3 Å². The molecular weight excluding hydrogens is 479 g/mol. The van der Waals surface area contributed by atoms with Gasteiger partial charge in [-0.3, -0.25) is 9.59 Å². The lowest BCUT2D eigenvalue weighted by atomic mass is 10.1. The highest BCUT2D eigenvalue weighted by Gasteiger charge is 2.13. The number of carbonyl (C=O) groups is 2. The first-order valence-electron chi connectivity index (χ1n) is 9.69. The van der Waals surface area contributed by atoms with Crippen LogP contribution in [-0.4, -0.2) is 21.6 Å². The van der Waals surface area contributed by atoms with E-state index in [1.807, 2.05) is 18.2 Å². The third kappa shape index (κ3) is 5.54. The Kier molecular flexibility index (Phi) is 6.97. The van der Waals surface area contributed by atoms with E-state index >= 15 is 0 Å². The van der Waals surface area contributed by atoms with Gasteiger partial charge in [0.2, 0.25) is 0 Å². The van der Waals surface area contributed by atoms with E-state index in [1.54, 1.807) is 40.7 Å².